The minimum absolute atomic E-state index is 0.390. The van der Waals surface area contributed by atoms with E-state index in [1.165, 1.54) is 11.1 Å². The molecular weight excluding hydrogens is 400 g/mol. The zero-order valence-electron chi connectivity index (χ0n) is 18.7. The van der Waals surface area contributed by atoms with Gasteiger partial charge in [-0.3, -0.25) is 4.79 Å². The minimum atomic E-state index is -0.390. The first-order valence-electron chi connectivity index (χ1n) is 10.3. The molecular formula is C28H26O4. The van der Waals surface area contributed by atoms with Crippen molar-refractivity contribution in [3.05, 3.63) is 107 Å². The summed E-state index contributed by atoms with van der Waals surface area (Å²) >= 11 is 0. The zero-order chi connectivity index (χ0) is 23.1. The highest BCUT2D eigenvalue weighted by molar-refractivity contribution is 5.93. The summed E-state index contributed by atoms with van der Waals surface area (Å²) in [6, 6.07) is 24.7. The Bertz CT molecular complexity index is 1200. The van der Waals surface area contributed by atoms with Crippen molar-refractivity contribution in [2.45, 2.75) is 27.7 Å². The summed E-state index contributed by atoms with van der Waals surface area (Å²) < 4.78 is 10.4. The summed E-state index contributed by atoms with van der Waals surface area (Å²) in [7, 11) is 0. The molecule has 4 nitrogen and oxygen atoms in total. The van der Waals surface area contributed by atoms with Crippen LogP contribution in [0.2, 0.25) is 0 Å². The molecule has 0 aromatic heterocycles. The number of fused-ring (bicyclic) bond motifs is 1. The van der Waals surface area contributed by atoms with E-state index < -0.39 is 5.97 Å². The Hall–Kier alpha value is -3.92. The highest BCUT2D eigenvalue weighted by atomic mass is 16.5. The number of rotatable bonds is 4. The number of aryl methyl sites for hydroxylation is 4. The van der Waals surface area contributed by atoms with Gasteiger partial charge >= 0.3 is 5.97 Å². The number of ether oxygens (including phenoxy) is 2. The molecule has 0 saturated heterocycles. The van der Waals surface area contributed by atoms with Crippen LogP contribution in [0.4, 0.5) is 0 Å². The summed E-state index contributed by atoms with van der Waals surface area (Å²) in [5, 5.41) is 1.80. The Labute approximate surface area is 188 Å². The fourth-order valence-corrected chi connectivity index (χ4v) is 3.09. The predicted octanol–water partition coefficient (Wildman–Crippen LogP) is 6.51. The largest absolute Gasteiger partial charge is 0.429 e. The molecule has 0 aliphatic heterocycles. The molecule has 162 valence electrons. The first-order chi connectivity index (χ1) is 15.4. The van der Waals surface area contributed by atoms with E-state index in [-0.39, 0.29) is 0 Å². The smallest absolute Gasteiger partial charge is 0.343 e. The molecule has 0 spiro atoms. The first-order valence-corrected chi connectivity index (χ1v) is 10.3. The lowest BCUT2D eigenvalue weighted by Crippen LogP contribution is -2.09. The van der Waals surface area contributed by atoms with Gasteiger partial charge in [-0.1, -0.05) is 59.2 Å². The van der Waals surface area contributed by atoms with Crippen molar-refractivity contribution in [3.63, 3.8) is 0 Å². The van der Waals surface area contributed by atoms with E-state index in [4.69, 9.17) is 9.47 Å². The number of esters is 1. The Morgan fingerprint density at radius 1 is 0.688 bits per heavy atom. The molecule has 0 unspecified atom stereocenters. The normalized spacial score (nSPS) is 10.1. The average Bonchev–Trinajstić information content (AvgIpc) is 2.77. The van der Waals surface area contributed by atoms with Gasteiger partial charge in [0.2, 0.25) is 0 Å². The first kappa shape index (κ1) is 22.8. The minimum Gasteiger partial charge on any atom is -0.429 e. The van der Waals surface area contributed by atoms with Gasteiger partial charge in [0.25, 0.3) is 6.47 Å². The van der Waals surface area contributed by atoms with Crippen LogP contribution in [0.3, 0.4) is 0 Å². The Morgan fingerprint density at radius 2 is 1.25 bits per heavy atom. The molecule has 0 radical (unpaired) electrons. The molecule has 4 aromatic rings. The van der Waals surface area contributed by atoms with Crippen LogP contribution in [-0.2, 0) is 4.79 Å². The topological polar surface area (TPSA) is 52.6 Å². The summed E-state index contributed by atoms with van der Waals surface area (Å²) in [5.41, 5.74) is 5.08. The molecule has 0 saturated carbocycles. The zero-order valence-corrected chi connectivity index (χ0v) is 18.7. The molecule has 0 aliphatic rings. The van der Waals surface area contributed by atoms with Crippen LogP contribution in [0.5, 0.6) is 11.5 Å². The molecule has 0 amide bonds. The third kappa shape index (κ3) is 6.05. The monoisotopic (exact) mass is 426 g/mol. The second kappa shape index (κ2) is 10.4. The number of carbonyl (C=O) groups excluding carboxylic acids is 2. The lowest BCUT2D eigenvalue weighted by atomic mass is 10.1. The van der Waals surface area contributed by atoms with Gasteiger partial charge in [-0.15, -0.1) is 0 Å². The van der Waals surface area contributed by atoms with Gasteiger partial charge in [0.1, 0.15) is 11.5 Å². The van der Waals surface area contributed by atoms with Gasteiger partial charge in [-0.2, -0.15) is 0 Å². The van der Waals surface area contributed by atoms with Crippen LogP contribution in [0, 0.1) is 27.7 Å². The highest BCUT2D eigenvalue weighted by Gasteiger charge is 2.11. The van der Waals surface area contributed by atoms with Crippen LogP contribution in [0.15, 0.2) is 78.9 Å². The SMILES string of the molecule is Cc1ccc(C(=O)Oc2cc3ccc(OC=O)cc3cc2C)cc1.Cc1ccc(C)cc1. The summed E-state index contributed by atoms with van der Waals surface area (Å²) in [4.78, 5) is 22.7. The van der Waals surface area contributed by atoms with E-state index in [1.54, 1.807) is 30.3 Å². The van der Waals surface area contributed by atoms with Crippen LogP contribution in [0.1, 0.15) is 32.6 Å². The number of carbonyl (C=O) groups is 2. The molecule has 0 fully saturated rings. The third-order valence-corrected chi connectivity index (χ3v) is 5.00. The molecule has 0 atom stereocenters. The summed E-state index contributed by atoms with van der Waals surface area (Å²) in [6.07, 6.45) is 0. The number of hydrogen-bond donors (Lipinski definition) is 0. The maximum Gasteiger partial charge on any atom is 0.343 e. The summed E-state index contributed by atoms with van der Waals surface area (Å²) in [6.45, 7) is 8.42. The lowest BCUT2D eigenvalue weighted by molar-refractivity contribution is -0.120. The van der Waals surface area contributed by atoms with E-state index in [0.717, 1.165) is 21.9 Å². The van der Waals surface area contributed by atoms with Crippen molar-refractivity contribution in [1.29, 1.82) is 0 Å². The van der Waals surface area contributed by atoms with Crippen LogP contribution in [-0.4, -0.2) is 12.4 Å². The molecule has 0 bridgehead atoms. The Morgan fingerprint density at radius 3 is 1.81 bits per heavy atom. The van der Waals surface area contributed by atoms with Gasteiger partial charge < -0.3 is 9.47 Å². The molecule has 32 heavy (non-hydrogen) atoms. The van der Waals surface area contributed by atoms with Crippen molar-refractivity contribution in [2.75, 3.05) is 0 Å². The average molecular weight is 427 g/mol. The van der Waals surface area contributed by atoms with Crippen molar-refractivity contribution >= 4 is 23.2 Å². The van der Waals surface area contributed by atoms with Gasteiger partial charge in [0.15, 0.2) is 0 Å². The summed E-state index contributed by atoms with van der Waals surface area (Å²) in [5.74, 6) is 0.594. The van der Waals surface area contributed by atoms with Gasteiger partial charge in [-0.05, 0) is 80.4 Å². The van der Waals surface area contributed by atoms with Crippen molar-refractivity contribution in [3.8, 4) is 11.5 Å². The van der Waals surface area contributed by atoms with E-state index in [2.05, 4.69) is 38.1 Å². The van der Waals surface area contributed by atoms with Gasteiger partial charge in [-0.25, -0.2) is 4.79 Å². The van der Waals surface area contributed by atoms with E-state index in [1.807, 2.05) is 38.1 Å². The second-order valence-corrected chi connectivity index (χ2v) is 7.75. The maximum atomic E-state index is 12.3. The maximum absolute atomic E-state index is 12.3. The molecule has 0 N–H and O–H groups in total. The lowest BCUT2D eigenvalue weighted by Gasteiger charge is -2.10. The molecule has 4 aromatic carbocycles. The van der Waals surface area contributed by atoms with Crippen molar-refractivity contribution in [1.82, 2.24) is 0 Å². The number of benzene rings is 4. The van der Waals surface area contributed by atoms with Crippen LogP contribution >= 0.6 is 0 Å². The van der Waals surface area contributed by atoms with E-state index in [9.17, 15) is 9.59 Å². The number of hydrogen-bond acceptors (Lipinski definition) is 4. The van der Waals surface area contributed by atoms with Crippen molar-refractivity contribution < 1.29 is 19.1 Å². The van der Waals surface area contributed by atoms with E-state index in [0.29, 0.717) is 23.5 Å². The van der Waals surface area contributed by atoms with Crippen molar-refractivity contribution in [2.24, 2.45) is 0 Å². The van der Waals surface area contributed by atoms with Crippen LogP contribution in [0.25, 0.3) is 10.8 Å². The molecule has 4 rings (SSSR count). The fourth-order valence-electron chi connectivity index (χ4n) is 3.09. The van der Waals surface area contributed by atoms with Gasteiger partial charge in [0.05, 0.1) is 5.56 Å². The van der Waals surface area contributed by atoms with E-state index >= 15 is 0 Å². The molecule has 0 heterocycles. The Balaban J connectivity index is 0.000000305. The quantitative estimate of drug-likeness (QED) is 0.212. The fraction of sp³-hybridized carbons (Fsp3) is 0.143. The molecule has 4 heteroatoms. The highest BCUT2D eigenvalue weighted by Crippen LogP contribution is 2.28. The predicted molar refractivity (Wildman–Crippen MR) is 127 cm³/mol. The standard InChI is InChI=1S/C20H16O4.C8H10/c1-13-3-5-15(6-4-13)20(22)24-19-11-16-7-8-18(23-12-21)10-17(16)9-14(19)2;1-7-3-5-8(2)6-4-7/h3-12H,1-2H3;3-6H,1-2H3. The Kier molecular flexibility index (Phi) is 7.40. The van der Waals surface area contributed by atoms with Gasteiger partial charge in [0, 0.05) is 0 Å². The third-order valence-electron chi connectivity index (χ3n) is 5.00. The second-order valence-electron chi connectivity index (χ2n) is 7.75. The molecule has 0 aliphatic carbocycles. The van der Waals surface area contributed by atoms with Crippen LogP contribution < -0.4 is 9.47 Å².